The molecule has 0 radical (unpaired) electrons. The van der Waals surface area contributed by atoms with Gasteiger partial charge in [-0.05, 0) is 75.3 Å². The SMILES string of the molecule is CCc1ccc2c(n1)CCC(C)N2S(=O)(=O)c1ccc(OCC2CCOCC2)c(C(=O)O)c1. The number of aryl methyl sites for hydroxylation is 2. The number of rotatable bonds is 7. The average molecular weight is 475 g/mol. The maximum absolute atomic E-state index is 13.7. The van der Waals surface area contributed by atoms with Crippen LogP contribution in [0.1, 0.15) is 54.9 Å². The Morgan fingerprint density at radius 1 is 1.21 bits per heavy atom. The Balaban J connectivity index is 1.65. The maximum atomic E-state index is 13.7. The number of aromatic carboxylic acids is 1. The van der Waals surface area contributed by atoms with E-state index >= 15 is 0 Å². The van der Waals surface area contributed by atoms with Crippen molar-refractivity contribution in [3.63, 3.8) is 0 Å². The van der Waals surface area contributed by atoms with Gasteiger partial charge in [-0.25, -0.2) is 13.2 Å². The second-order valence-electron chi connectivity index (χ2n) is 8.64. The first-order valence-corrected chi connectivity index (χ1v) is 12.9. The summed E-state index contributed by atoms with van der Waals surface area (Å²) < 4.78 is 39.8. The number of hydrogen-bond donors (Lipinski definition) is 1. The van der Waals surface area contributed by atoms with Crippen molar-refractivity contribution in [2.24, 2.45) is 5.92 Å². The normalized spacial score (nSPS) is 19.2. The third kappa shape index (κ3) is 4.84. The first-order valence-electron chi connectivity index (χ1n) is 11.4. The fraction of sp³-hybridized carbons (Fsp3) is 0.500. The van der Waals surface area contributed by atoms with Gasteiger partial charge in [-0.15, -0.1) is 0 Å². The molecule has 178 valence electrons. The molecular formula is C24H30N2O6S. The highest BCUT2D eigenvalue weighted by atomic mass is 32.2. The number of sulfonamides is 1. The topological polar surface area (TPSA) is 106 Å². The van der Waals surface area contributed by atoms with Crippen molar-refractivity contribution in [1.82, 2.24) is 4.98 Å². The summed E-state index contributed by atoms with van der Waals surface area (Å²) >= 11 is 0. The summed E-state index contributed by atoms with van der Waals surface area (Å²) in [5, 5.41) is 9.75. The third-order valence-corrected chi connectivity index (χ3v) is 8.28. The van der Waals surface area contributed by atoms with E-state index in [1.165, 1.54) is 22.5 Å². The molecule has 1 aromatic heterocycles. The molecule has 1 aromatic carbocycles. The Labute approximate surface area is 194 Å². The van der Waals surface area contributed by atoms with Crippen LogP contribution in [0.15, 0.2) is 35.2 Å². The van der Waals surface area contributed by atoms with Gasteiger partial charge < -0.3 is 14.6 Å². The van der Waals surface area contributed by atoms with Gasteiger partial charge in [0, 0.05) is 24.9 Å². The number of hydrogen-bond acceptors (Lipinski definition) is 6. The van der Waals surface area contributed by atoms with E-state index in [-0.39, 0.29) is 28.2 Å². The van der Waals surface area contributed by atoms with Crippen LogP contribution in [0.5, 0.6) is 5.75 Å². The van der Waals surface area contributed by atoms with E-state index in [2.05, 4.69) is 4.98 Å². The minimum Gasteiger partial charge on any atom is -0.492 e. The number of benzene rings is 1. The van der Waals surface area contributed by atoms with Gasteiger partial charge in [-0.1, -0.05) is 6.92 Å². The van der Waals surface area contributed by atoms with Gasteiger partial charge in [0.1, 0.15) is 11.3 Å². The van der Waals surface area contributed by atoms with Gasteiger partial charge in [0.25, 0.3) is 10.0 Å². The van der Waals surface area contributed by atoms with Crippen molar-refractivity contribution < 1.29 is 27.8 Å². The van der Waals surface area contributed by atoms with Crippen molar-refractivity contribution in [3.8, 4) is 5.75 Å². The molecule has 4 rings (SSSR count). The van der Waals surface area contributed by atoms with Crippen LogP contribution >= 0.6 is 0 Å². The summed E-state index contributed by atoms with van der Waals surface area (Å²) in [6.07, 6.45) is 3.83. The molecule has 0 bridgehead atoms. The van der Waals surface area contributed by atoms with Crippen LogP contribution in [0, 0.1) is 5.92 Å². The van der Waals surface area contributed by atoms with Crippen LogP contribution in [0.2, 0.25) is 0 Å². The highest BCUT2D eigenvalue weighted by Crippen LogP contribution is 2.36. The highest BCUT2D eigenvalue weighted by molar-refractivity contribution is 7.92. The lowest BCUT2D eigenvalue weighted by Crippen LogP contribution is -2.42. The predicted molar refractivity (Wildman–Crippen MR) is 124 cm³/mol. The first-order chi connectivity index (χ1) is 15.8. The molecule has 1 saturated heterocycles. The van der Waals surface area contributed by atoms with Crippen LogP contribution in [0.3, 0.4) is 0 Å². The lowest BCUT2D eigenvalue weighted by Gasteiger charge is -2.35. The smallest absolute Gasteiger partial charge is 0.339 e. The fourth-order valence-electron chi connectivity index (χ4n) is 4.38. The van der Waals surface area contributed by atoms with Crippen LogP contribution in [-0.2, 0) is 27.6 Å². The molecule has 0 spiro atoms. The Bertz CT molecular complexity index is 1130. The number of aromatic nitrogens is 1. The Hall–Kier alpha value is -2.65. The number of ether oxygens (including phenoxy) is 2. The van der Waals surface area contributed by atoms with Gasteiger partial charge in [-0.3, -0.25) is 9.29 Å². The van der Waals surface area contributed by atoms with E-state index in [1.54, 1.807) is 6.07 Å². The number of nitrogens with zero attached hydrogens (tertiary/aromatic N) is 2. The molecule has 33 heavy (non-hydrogen) atoms. The maximum Gasteiger partial charge on any atom is 0.339 e. The summed E-state index contributed by atoms with van der Waals surface area (Å²) in [6, 6.07) is 7.45. The van der Waals surface area contributed by atoms with E-state index in [0.717, 1.165) is 30.7 Å². The summed E-state index contributed by atoms with van der Waals surface area (Å²) in [6.45, 7) is 5.57. The third-order valence-electron chi connectivity index (χ3n) is 6.36. The molecule has 8 nitrogen and oxygen atoms in total. The second-order valence-corrected chi connectivity index (χ2v) is 10.5. The minimum atomic E-state index is -3.99. The molecule has 0 saturated carbocycles. The molecule has 1 unspecified atom stereocenters. The Morgan fingerprint density at radius 3 is 2.67 bits per heavy atom. The van der Waals surface area contributed by atoms with Crippen molar-refractivity contribution in [2.75, 3.05) is 24.1 Å². The minimum absolute atomic E-state index is 0.0717. The fourth-order valence-corrected chi connectivity index (χ4v) is 6.12. The molecule has 3 heterocycles. The number of anilines is 1. The van der Waals surface area contributed by atoms with Crippen molar-refractivity contribution in [1.29, 1.82) is 0 Å². The number of carbonyl (C=O) groups is 1. The monoisotopic (exact) mass is 474 g/mol. The summed E-state index contributed by atoms with van der Waals surface area (Å²) in [7, 11) is -3.99. The van der Waals surface area contributed by atoms with E-state index in [4.69, 9.17) is 9.47 Å². The Kier molecular flexibility index (Phi) is 6.90. The predicted octanol–water partition coefficient (Wildman–Crippen LogP) is 3.68. The van der Waals surface area contributed by atoms with E-state index < -0.39 is 16.0 Å². The zero-order valence-electron chi connectivity index (χ0n) is 19.0. The standard InChI is InChI=1S/C24H30N2O6S/c1-3-18-5-8-22-21(25-18)7-4-16(2)26(22)33(29,30)19-6-9-23(20(14-19)24(27)28)32-15-17-10-12-31-13-11-17/h5-6,8-9,14,16-17H,3-4,7,10-13,15H2,1-2H3,(H,27,28). The number of fused-ring (bicyclic) bond motifs is 1. The van der Waals surface area contributed by atoms with Gasteiger partial charge in [0.15, 0.2) is 0 Å². The second kappa shape index (κ2) is 9.69. The zero-order valence-corrected chi connectivity index (χ0v) is 19.8. The quantitative estimate of drug-likeness (QED) is 0.652. The molecule has 1 N–H and O–H groups in total. The summed E-state index contributed by atoms with van der Waals surface area (Å²) in [5.74, 6) is -0.764. The molecular weight excluding hydrogens is 444 g/mol. The van der Waals surface area contributed by atoms with Crippen molar-refractivity contribution in [3.05, 3.63) is 47.3 Å². The number of carboxylic acid groups (broad SMARTS) is 1. The molecule has 2 aromatic rings. The van der Waals surface area contributed by atoms with E-state index in [0.29, 0.717) is 38.3 Å². The lowest BCUT2D eigenvalue weighted by molar-refractivity contribution is 0.0490. The zero-order chi connectivity index (χ0) is 23.6. The number of pyridine rings is 1. The lowest BCUT2D eigenvalue weighted by atomic mass is 10.0. The van der Waals surface area contributed by atoms with Crippen LogP contribution in [0.25, 0.3) is 0 Å². The molecule has 9 heteroatoms. The van der Waals surface area contributed by atoms with E-state index in [1.807, 2.05) is 19.9 Å². The van der Waals surface area contributed by atoms with Crippen LogP contribution in [-0.4, -0.2) is 50.3 Å². The summed E-state index contributed by atoms with van der Waals surface area (Å²) in [4.78, 5) is 16.5. The molecule has 0 amide bonds. The van der Waals surface area contributed by atoms with Crippen molar-refractivity contribution >= 4 is 21.7 Å². The molecule has 1 atom stereocenters. The first kappa shape index (κ1) is 23.5. The van der Waals surface area contributed by atoms with Gasteiger partial charge in [0.2, 0.25) is 0 Å². The van der Waals surface area contributed by atoms with Gasteiger partial charge in [0.05, 0.1) is 22.9 Å². The van der Waals surface area contributed by atoms with Gasteiger partial charge >= 0.3 is 5.97 Å². The van der Waals surface area contributed by atoms with Crippen molar-refractivity contribution in [2.45, 2.75) is 56.9 Å². The van der Waals surface area contributed by atoms with Gasteiger partial charge in [-0.2, -0.15) is 0 Å². The average Bonchev–Trinajstić information content (AvgIpc) is 2.82. The molecule has 1 fully saturated rings. The number of carboxylic acids is 1. The molecule has 0 aliphatic carbocycles. The molecule has 2 aliphatic rings. The summed E-state index contributed by atoms with van der Waals surface area (Å²) in [5.41, 5.74) is 2.07. The molecule has 2 aliphatic heterocycles. The Morgan fingerprint density at radius 2 is 1.97 bits per heavy atom. The van der Waals surface area contributed by atoms with Crippen LogP contribution < -0.4 is 9.04 Å². The van der Waals surface area contributed by atoms with Crippen LogP contribution in [0.4, 0.5) is 5.69 Å². The van der Waals surface area contributed by atoms with E-state index in [9.17, 15) is 18.3 Å². The largest absolute Gasteiger partial charge is 0.492 e. The highest BCUT2D eigenvalue weighted by Gasteiger charge is 2.35.